The van der Waals surface area contributed by atoms with E-state index in [0.717, 1.165) is 12.1 Å². The summed E-state index contributed by atoms with van der Waals surface area (Å²) in [6.45, 7) is -0.303. The highest BCUT2D eigenvalue weighted by atomic mass is 19.4. The Kier molecular flexibility index (Phi) is 5.00. The van der Waals surface area contributed by atoms with Crippen LogP contribution in [0.3, 0.4) is 0 Å². The minimum atomic E-state index is -4.68. The molecule has 6 nitrogen and oxygen atoms in total. The summed E-state index contributed by atoms with van der Waals surface area (Å²) in [5, 5.41) is 10.9. The maximum absolute atomic E-state index is 13.7. The van der Waals surface area contributed by atoms with Crippen molar-refractivity contribution in [3.63, 3.8) is 0 Å². The van der Waals surface area contributed by atoms with E-state index in [4.69, 9.17) is 10.6 Å². The van der Waals surface area contributed by atoms with Gasteiger partial charge < -0.3 is 4.74 Å². The van der Waals surface area contributed by atoms with Crippen LogP contribution in [-0.2, 0) is 17.6 Å². The third-order valence-electron chi connectivity index (χ3n) is 2.97. The smallest absolute Gasteiger partial charge is 0.416 e. The van der Waals surface area contributed by atoms with Crippen LogP contribution in [0.2, 0.25) is 0 Å². The van der Waals surface area contributed by atoms with E-state index in [-0.39, 0.29) is 23.6 Å². The van der Waals surface area contributed by atoms with Crippen LogP contribution in [0, 0.1) is 15.9 Å². The predicted octanol–water partition coefficient (Wildman–Crippen LogP) is 3.94. The molecule has 2 aromatic carbocycles. The Balaban J connectivity index is 2.31. The van der Waals surface area contributed by atoms with Crippen LogP contribution in [0.1, 0.15) is 11.1 Å². The fraction of sp³-hybridized carbons (Fsp3) is 0.143. The van der Waals surface area contributed by atoms with Crippen molar-refractivity contribution < 1.29 is 32.1 Å². The molecule has 0 bridgehead atoms. The molecule has 2 rings (SSSR count). The van der Waals surface area contributed by atoms with E-state index in [9.17, 15) is 27.7 Å². The van der Waals surface area contributed by atoms with E-state index in [0.29, 0.717) is 12.1 Å². The minimum absolute atomic E-state index is 0.0219. The molecule has 128 valence electrons. The number of nitrogens with two attached hydrogens (primary N) is 1. The van der Waals surface area contributed by atoms with Gasteiger partial charge in [0, 0.05) is 6.07 Å². The standard InChI is InChI=1S/C14H10F4N2O4/c15-11-6-9(14(16,17)18)1-4-13(11)24-10-2-3-12(20(21)22)8(5-10)7-23-19/h1-6H,7,19H2. The summed E-state index contributed by atoms with van der Waals surface area (Å²) in [5.41, 5.74) is -1.39. The molecule has 0 unspecified atom stereocenters. The number of hydrogen-bond donors (Lipinski definition) is 1. The number of nitrogens with zero attached hydrogens (tertiary/aromatic N) is 1. The summed E-state index contributed by atoms with van der Waals surface area (Å²) in [6, 6.07) is 5.22. The molecule has 0 heterocycles. The van der Waals surface area contributed by atoms with Crippen molar-refractivity contribution in [2.24, 2.45) is 5.90 Å². The summed E-state index contributed by atoms with van der Waals surface area (Å²) in [5.74, 6) is 3.18. The van der Waals surface area contributed by atoms with Crippen molar-refractivity contribution >= 4 is 5.69 Å². The quantitative estimate of drug-likeness (QED) is 0.503. The lowest BCUT2D eigenvalue weighted by Crippen LogP contribution is -2.05. The Morgan fingerprint density at radius 3 is 2.42 bits per heavy atom. The Bertz CT molecular complexity index is 765. The summed E-state index contributed by atoms with van der Waals surface area (Å²) >= 11 is 0. The number of benzene rings is 2. The Morgan fingerprint density at radius 2 is 1.88 bits per heavy atom. The molecule has 24 heavy (non-hydrogen) atoms. The third-order valence-corrected chi connectivity index (χ3v) is 2.97. The Hall–Kier alpha value is -2.72. The molecule has 0 fully saturated rings. The van der Waals surface area contributed by atoms with Gasteiger partial charge in [-0.25, -0.2) is 10.3 Å². The maximum Gasteiger partial charge on any atom is 0.416 e. The van der Waals surface area contributed by atoms with Gasteiger partial charge in [-0.15, -0.1) is 0 Å². The highest BCUT2D eigenvalue weighted by molar-refractivity contribution is 5.46. The molecule has 10 heteroatoms. The summed E-state index contributed by atoms with van der Waals surface area (Å²) in [4.78, 5) is 14.5. The zero-order chi connectivity index (χ0) is 17.9. The van der Waals surface area contributed by atoms with Crippen LogP contribution in [0.5, 0.6) is 11.5 Å². The van der Waals surface area contributed by atoms with Crippen molar-refractivity contribution in [2.45, 2.75) is 12.8 Å². The highest BCUT2D eigenvalue weighted by Gasteiger charge is 2.31. The molecule has 0 radical (unpaired) electrons. The van der Waals surface area contributed by atoms with Crippen LogP contribution in [0.25, 0.3) is 0 Å². The van der Waals surface area contributed by atoms with E-state index in [1.54, 1.807) is 0 Å². The van der Waals surface area contributed by atoms with Crippen molar-refractivity contribution in [1.29, 1.82) is 0 Å². The second-order valence-electron chi connectivity index (χ2n) is 4.60. The van der Waals surface area contributed by atoms with Gasteiger partial charge in [0.2, 0.25) is 0 Å². The van der Waals surface area contributed by atoms with Gasteiger partial charge >= 0.3 is 6.18 Å². The SMILES string of the molecule is NOCc1cc(Oc2ccc(C(F)(F)F)cc2F)ccc1[N+](=O)[O-]. The first-order chi connectivity index (χ1) is 11.2. The molecule has 2 N–H and O–H groups in total. The predicted molar refractivity (Wildman–Crippen MR) is 73.5 cm³/mol. The van der Waals surface area contributed by atoms with E-state index in [1.165, 1.54) is 12.1 Å². The first-order valence-corrected chi connectivity index (χ1v) is 6.36. The number of alkyl halides is 3. The molecule has 2 aromatic rings. The van der Waals surface area contributed by atoms with Gasteiger partial charge in [0.25, 0.3) is 5.69 Å². The first kappa shape index (κ1) is 17.6. The van der Waals surface area contributed by atoms with Crippen LogP contribution < -0.4 is 10.6 Å². The molecule has 0 saturated carbocycles. The fourth-order valence-corrected chi connectivity index (χ4v) is 1.90. The van der Waals surface area contributed by atoms with Gasteiger partial charge in [-0.2, -0.15) is 13.2 Å². The molecule has 0 aromatic heterocycles. The third kappa shape index (κ3) is 3.97. The number of ether oxygens (including phenoxy) is 1. The molecular formula is C14H10F4N2O4. The van der Waals surface area contributed by atoms with Crippen LogP contribution in [0.15, 0.2) is 36.4 Å². The number of hydrogen-bond acceptors (Lipinski definition) is 5. The summed E-state index contributed by atoms with van der Waals surface area (Å²) < 4.78 is 56.3. The van der Waals surface area contributed by atoms with E-state index in [2.05, 4.69) is 4.84 Å². The normalized spacial score (nSPS) is 11.4. The second-order valence-corrected chi connectivity index (χ2v) is 4.60. The first-order valence-electron chi connectivity index (χ1n) is 6.36. The maximum atomic E-state index is 13.7. The molecule has 0 spiro atoms. The zero-order valence-corrected chi connectivity index (χ0v) is 11.8. The molecule has 0 atom stereocenters. The largest absolute Gasteiger partial charge is 0.454 e. The monoisotopic (exact) mass is 346 g/mol. The summed E-state index contributed by atoms with van der Waals surface area (Å²) in [6.07, 6.45) is -4.68. The van der Waals surface area contributed by atoms with E-state index >= 15 is 0 Å². The number of nitro groups is 1. The van der Waals surface area contributed by atoms with Crippen molar-refractivity contribution in [1.82, 2.24) is 0 Å². The van der Waals surface area contributed by atoms with Gasteiger partial charge in [0.15, 0.2) is 11.6 Å². The van der Waals surface area contributed by atoms with Crippen LogP contribution in [0.4, 0.5) is 23.2 Å². The Labute approximate surface area is 132 Å². The van der Waals surface area contributed by atoms with Gasteiger partial charge in [-0.1, -0.05) is 0 Å². The lowest BCUT2D eigenvalue weighted by molar-refractivity contribution is -0.386. The highest BCUT2D eigenvalue weighted by Crippen LogP contribution is 2.34. The number of nitro benzene ring substituents is 1. The summed E-state index contributed by atoms with van der Waals surface area (Å²) in [7, 11) is 0. The van der Waals surface area contributed by atoms with Crippen LogP contribution in [-0.4, -0.2) is 4.92 Å². The molecule has 0 aliphatic heterocycles. The number of halogens is 4. The molecular weight excluding hydrogens is 336 g/mol. The minimum Gasteiger partial charge on any atom is -0.454 e. The lowest BCUT2D eigenvalue weighted by atomic mass is 10.1. The van der Waals surface area contributed by atoms with Gasteiger partial charge in [0.1, 0.15) is 5.75 Å². The van der Waals surface area contributed by atoms with Crippen LogP contribution >= 0.6 is 0 Å². The van der Waals surface area contributed by atoms with E-state index < -0.39 is 28.2 Å². The average Bonchev–Trinajstić information content (AvgIpc) is 2.48. The molecule has 0 saturated heterocycles. The van der Waals surface area contributed by atoms with Crippen molar-refractivity contribution in [3.8, 4) is 11.5 Å². The molecule has 0 aliphatic carbocycles. The second kappa shape index (κ2) is 6.81. The molecule has 0 amide bonds. The Morgan fingerprint density at radius 1 is 1.17 bits per heavy atom. The topological polar surface area (TPSA) is 87.6 Å². The van der Waals surface area contributed by atoms with Crippen molar-refractivity contribution in [2.75, 3.05) is 0 Å². The lowest BCUT2D eigenvalue weighted by Gasteiger charge is -2.11. The van der Waals surface area contributed by atoms with E-state index in [1.807, 2.05) is 0 Å². The fourth-order valence-electron chi connectivity index (χ4n) is 1.90. The zero-order valence-electron chi connectivity index (χ0n) is 11.8. The molecule has 0 aliphatic rings. The van der Waals surface area contributed by atoms with Gasteiger partial charge in [-0.05, 0) is 30.3 Å². The van der Waals surface area contributed by atoms with Gasteiger partial charge in [0.05, 0.1) is 22.7 Å². The average molecular weight is 346 g/mol. The number of rotatable bonds is 5. The van der Waals surface area contributed by atoms with Crippen molar-refractivity contribution in [3.05, 3.63) is 63.5 Å². The van der Waals surface area contributed by atoms with Gasteiger partial charge in [-0.3, -0.25) is 15.0 Å².